The monoisotopic (exact) mass is 242 g/mol. The second-order valence-corrected chi connectivity index (χ2v) is 4.25. The van der Waals surface area contributed by atoms with Crippen molar-refractivity contribution in [3.05, 3.63) is 35.4 Å². The van der Waals surface area contributed by atoms with Crippen LogP contribution in [0.1, 0.15) is 31.4 Å². The van der Waals surface area contributed by atoms with Crippen molar-refractivity contribution < 1.29 is 8.78 Å². The highest BCUT2D eigenvalue weighted by molar-refractivity contribution is 5.22. The smallest absolute Gasteiger partial charge is 0.130 e. The minimum atomic E-state index is -0.557. The summed E-state index contributed by atoms with van der Waals surface area (Å²) in [6.07, 6.45) is 2.11. The SMILES string of the molecule is CCCCN(C)C(CN)c1ccc(F)cc1F. The molecular formula is C13H20F2N2. The van der Waals surface area contributed by atoms with Gasteiger partial charge in [-0.05, 0) is 26.1 Å². The molecule has 1 atom stereocenters. The van der Waals surface area contributed by atoms with E-state index < -0.39 is 11.6 Å². The molecule has 1 unspecified atom stereocenters. The summed E-state index contributed by atoms with van der Waals surface area (Å²) < 4.78 is 26.5. The number of nitrogens with two attached hydrogens (primary N) is 1. The lowest BCUT2D eigenvalue weighted by atomic mass is 10.0. The summed E-state index contributed by atoms with van der Waals surface area (Å²) in [6.45, 7) is 3.28. The number of unbranched alkanes of at least 4 members (excludes halogenated alkanes) is 1. The lowest BCUT2D eigenvalue weighted by molar-refractivity contribution is 0.241. The molecule has 4 heteroatoms. The molecule has 0 heterocycles. The van der Waals surface area contributed by atoms with Gasteiger partial charge >= 0.3 is 0 Å². The van der Waals surface area contributed by atoms with E-state index in [2.05, 4.69) is 6.92 Å². The molecule has 17 heavy (non-hydrogen) atoms. The maximum absolute atomic E-state index is 13.6. The average molecular weight is 242 g/mol. The Morgan fingerprint density at radius 3 is 2.59 bits per heavy atom. The van der Waals surface area contributed by atoms with Crippen LogP contribution in [0.25, 0.3) is 0 Å². The molecule has 0 spiro atoms. The zero-order valence-corrected chi connectivity index (χ0v) is 10.4. The van der Waals surface area contributed by atoms with E-state index in [9.17, 15) is 8.78 Å². The van der Waals surface area contributed by atoms with Crippen LogP contribution in [0.15, 0.2) is 18.2 Å². The molecule has 0 aliphatic rings. The molecule has 0 aromatic heterocycles. The molecule has 0 saturated carbocycles. The lowest BCUT2D eigenvalue weighted by Gasteiger charge is -2.27. The van der Waals surface area contributed by atoms with E-state index in [4.69, 9.17) is 5.73 Å². The quantitative estimate of drug-likeness (QED) is 0.831. The van der Waals surface area contributed by atoms with Crippen LogP contribution in [-0.2, 0) is 0 Å². The van der Waals surface area contributed by atoms with Crippen molar-refractivity contribution in [2.75, 3.05) is 20.1 Å². The maximum atomic E-state index is 13.6. The minimum absolute atomic E-state index is 0.192. The third-order valence-corrected chi connectivity index (χ3v) is 2.94. The summed E-state index contributed by atoms with van der Waals surface area (Å²) in [7, 11) is 1.91. The fourth-order valence-corrected chi connectivity index (χ4v) is 1.88. The lowest BCUT2D eigenvalue weighted by Crippen LogP contribution is -2.32. The predicted octanol–water partition coefficient (Wildman–Crippen LogP) is 2.70. The Bertz CT molecular complexity index is 355. The van der Waals surface area contributed by atoms with E-state index in [0.717, 1.165) is 25.5 Å². The van der Waals surface area contributed by atoms with Gasteiger partial charge in [-0.15, -0.1) is 0 Å². The van der Waals surface area contributed by atoms with Crippen molar-refractivity contribution in [3.63, 3.8) is 0 Å². The summed E-state index contributed by atoms with van der Waals surface area (Å²) in [5.74, 6) is -1.08. The zero-order valence-electron chi connectivity index (χ0n) is 10.4. The second kappa shape index (κ2) is 6.67. The first-order chi connectivity index (χ1) is 8.10. The molecule has 0 radical (unpaired) electrons. The van der Waals surface area contributed by atoms with Gasteiger partial charge in [-0.2, -0.15) is 0 Å². The molecule has 0 aliphatic heterocycles. The number of rotatable bonds is 6. The minimum Gasteiger partial charge on any atom is -0.329 e. The van der Waals surface area contributed by atoms with Gasteiger partial charge in [0, 0.05) is 24.2 Å². The summed E-state index contributed by atoms with van der Waals surface area (Å²) in [5, 5.41) is 0. The van der Waals surface area contributed by atoms with E-state index in [1.54, 1.807) is 0 Å². The van der Waals surface area contributed by atoms with Crippen molar-refractivity contribution in [2.45, 2.75) is 25.8 Å². The Morgan fingerprint density at radius 2 is 2.06 bits per heavy atom. The number of benzene rings is 1. The van der Waals surface area contributed by atoms with Crippen LogP contribution in [0.4, 0.5) is 8.78 Å². The molecule has 0 saturated heterocycles. The summed E-state index contributed by atoms with van der Waals surface area (Å²) in [6, 6.07) is 3.47. The van der Waals surface area contributed by atoms with Crippen LogP contribution in [0.5, 0.6) is 0 Å². The van der Waals surface area contributed by atoms with E-state index in [1.165, 1.54) is 12.1 Å². The van der Waals surface area contributed by atoms with Crippen LogP contribution in [0, 0.1) is 11.6 Å². The topological polar surface area (TPSA) is 29.3 Å². The number of hydrogen-bond donors (Lipinski definition) is 1. The van der Waals surface area contributed by atoms with Crippen molar-refractivity contribution in [1.29, 1.82) is 0 Å². The third kappa shape index (κ3) is 3.75. The molecule has 0 bridgehead atoms. The summed E-state index contributed by atoms with van der Waals surface area (Å²) >= 11 is 0. The first-order valence-corrected chi connectivity index (χ1v) is 5.95. The number of likely N-dealkylation sites (N-methyl/N-ethyl adjacent to an activating group) is 1. The first kappa shape index (κ1) is 14.1. The fraction of sp³-hybridized carbons (Fsp3) is 0.538. The molecule has 1 aromatic rings. The van der Waals surface area contributed by atoms with Gasteiger partial charge in [0.05, 0.1) is 0 Å². The molecule has 0 fully saturated rings. The van der Waals surface area contributed by atoms with Crippen molar-refractivity contribution in [1.82, 2.24) is 4.90 Å². The second-order valence-electron chi connectivity index (χ2n) is 4.25. The average Bonchev–Trinajstić information content (AvgIpc) is 2.30. The van der Waals surface area contributed by atoms with Gasteiger partial charge in [0.2, 0.25) is 0 Å². The van der Waals surface area contributed by atoms with Crippen LogP contribution in [0.2, 0.25) is 0 Å². The molecule has 2 nitrogen and oxygen atoms in total. The summed E-state index contributed by atoms with van der Waals surface area (Å²) in [4.78, 5) is 2.01. The molecule has 0 aliphatic carbocycles. The van der Waals surface area contributed by atoms with Gasteiger partial charge in [0.25, 0.3) is 0 Å². The van der Waals surface area contributed by atoms with Crippen molar-refractivity contribution in [2.24, 2.45) is 5.73 Å². The standard InChI is InChI=1S/C13H20F2N2/c1-3-4-7-17(2)13(9-16)11-6-5-10(14)8-12(11)15/h5-6,8,13H,3-4,7,9,16H2,1-2H3. The van der Waals surface area contributed by atoms with Crippen molar-refractivity contribution in [3.8, 4) is 0 Å². The van der Waals surface area contributed by atoms with E-state index >= 15 is 0 Å². The molecule has 1 rings (SSSR count). The van der Waals surface area contributed by atoms with Crippen molar-refractivity contribution >= 4 is 0 Å². The highest BCUT2D eigenvalue weighted by Gasteiger charge is 2.18. The normalized spacial score (nSPS) is 13.1. The van der Waals surface area contributed by atoms with Gasteiger partial charge in [-0.25, -0.2) is 8.78 Å². The molecule has 96 valence electrons. The number of halogens is 2. The van der Waals surface area contributed by atoms with Crippen LogP contribution < -0.4 is 5.73 Å². The van der Waals surface area contributed by atoms with Gasteiger partial charge < -0.3 is 5.73 Å². The van der Waals surface area contributed by atoms with Crippen LogP contribution in [0.3, 0.4) is 0 Å². The van der Waals surface area contributed by atoms with Crippen LogP contribution in [-0.4, -0.2) is 25.0 Å². The van der Waals surface area contributed by atoms with Gasteiger partial charge in [0.15, 0.2) is 0 Å². The van der Waals surface area contributed by atoms with E-state index in [1.807, 2.05) is 11.9 Å². The highest BCUT2D eigenvalue weighted by atomic mass is 19.1. The third-order valence-electron chi connectivity index (χ3n) is 2.94. The van der Waals surface area contributed by atoms with Gasteiger partial charge in [-0.3, -0.25) is 4.90 Å². The molecule has 0 amide bonds. The predicted molar refractivity (Wildman–Crippen MR) is 65.7 cm³/mol. The Balaban J connectivity index is 2.85. The summed E-state index contributed by atoms with van der Waals surface area (Å²) in [5.41, 5.74) is 6.15. The highest BCUT2D eigenvalue weighted by Crippen LogP contribution is 2.22. The molecule has 2 N–H and O–H groups in total. The Labute approximate surface area is 101 Å². The van der Waals surface area contributed by atoms with Gasteiger partial charge in [-0.1, -0.05) is 19.4 Å². The van der Waals surface area contributed by atoms with E-state index in [0.29, 0.717) is 12.1 Å². The number of hydrogen-bond acceptors (Lipinski definition) is 2. The Morgan fingerprint density at radius 1 is 1.35 bits per heavy atom. The van der Waals surface area contributed by atoms with E-state index in [-0.39, 0.29) is 6.04 Å². The Hall–Kier alpha value is -1.00. The zero-order chi connectivity index (χ0) is 12.8. The molecule has 1 aromatic carbocycles. The molecular weight excluding hydrogens is 222 g/mol. The fourth-order valence-electron chi connectivity index (χ4n) is 1.88. The Kier molecular flexibility index (Phi) is 5.51. The largest absolute Gasteiger partial charge is 0.329 e. The number of nitrogens with zero attached hydrogens (tertiary/aromatic N) is 1. The first-order valence-electron chi connectivity index (χ1n) is 5.95. The van der Waals surface area contributed by atoms with Gasteiger partial charge in [0.1, 0.15) is 11.6 Å². The maximum Gasteiger partial charge on any atom is 0.130 e. The van der Waals surface area contributed by atoms with Crippen LogP contribution >= 0.6 is 0 Å².